The lowest BCUT2D eigenvalue weighted by Gasteiger charge is -2.13. The number of rotatable bonds is 7. The molecule has 1 unspecified atom stereocenters. The first kappa shape index (κ1) is 13.7. The molecular weight excluding hydrogens is 220 g/mol. The summed E-state index contributed by atoms with van der Waals surface area (Å²) in [7, 11) is 3.08. The van der Waals surface area contributed by atoms with Gasteiger partial charge in [-0.3, -0.25) is 9.48 Å². The van der Waals surface area contributed by atoms with Crippen molar-refractivity contribution in [2.75, 3.05) is 14.2 Å². The summed E-state index contributed by atoms with van der Waals surface area (Å²) in [6.45, 7) is 4.65. The topological polar surface area (TPSA) is 53.4 Å². The number of nitrogens with zero attached hydrogens (tertiary/aromatic N) is 2. The van der Waals surface area contributed by atoms with E-state index >= 15 is 0 Å². The lowest BCUT2D eigenvalue weighted by Crippen LogP contribution is -2.25. The van der Waals surface area contributed by atoms with Crippen LogP contribution in [0.25, 0.3) is 0 Å². The maximum Gasteiger partial charge on any atom is 0.213 e. The minimum atomic E-state index is -0.434. The van der Waals surface area contributed by atoms with Crippen molar-refractivity contribution >= 4 is 5.78 Å². The van der Waals surface area contributed by atoms with Gasteiger partial charge < -0.3 is 9.47 Å². The van der Waals surface area contributed by atoms with Crippen LogP contribution in [0.2, 0.25) is 0 Å². The lowest BCUT2D eigenvalue weighted by atomic mass is 10.1. The van der Waals surface area contributed by atoms with Gasteiger partial charge in [0.05, 0.1) is 13.3 Å². The molecule has 5 nitrogen and oxygen atoms in total. The minimum Gasteiger partial charge on any atom is -0.493 e. The van der Waals surface area contributed by atoms with E-state index in [-0.39, 0.29) is 5.78 Å². The Morgan fingerprint density at radius 1 is 1.47 bits per heavy atom. The molecule has 0 aliphatic rings. The Kier molecular flexibility index (Phi) is 5.15. The largest absolute Gasteiger partial charge is 0.493 e. The van der Waals surface area contributed by atoms with Crippen LogP contribution in [0.5, 0.6) is 5.75 Å². The van der Waals surface area contributed by atoms with E-state index in [1.807, 2.05) is 13.8 Å². The monoisotopic (exact) mass is 240 g/mol. The van der Waals surface area contributed by atoms with Crippen molar-refractivity contribution in [2.45, 2.75) is 39.3 Å². The Bertz CT molecular complexity index is 370. The number of ether oxygens (including phenoxy) is 2. The van der Waals surface area contributed by atoms with Crippen LogP contribution in [-0.4, -0.2) is 35.9 Å². The Morgan fingerprint density at radius 3 is 2.65 bits per heavy atom. The Balaban J connectivity index is 3.08. The molecule has 0 aliphatic carbocycles. The van der Waals surface area contributed by atoms with Crippen molar-refractivity contribution in [3.8, 4) is 5.75 Å². The van der Waals surface area contributed by atoms with Crippen LogP contribution < -0.4 is 4.74 Å². The van der Waals surface area contributed by atoms with Crippen molar-refractivity contribution in [3.05, 3.63) is 11.9 Å². The number of aryl methyl sites for hydroxylation is 1. The van der Waals surface area contributed by atoms with Crippen LogP contribution in [0.1, 0.15) is 37.2 Å². The van der Waals surface area contributed by atoms with E-state index in [1.54, 1.807) is 18.0 Å². The zero-order valence-corrected chi connectivity index (χ0v) is 10.9. The van der Waals surface area contributed by atoms with E-state index in [9.17, 15) is 4.79 Å². The van der Waals surface area contributed by atoms with Crippen molar-refractivity contribution in [1.29, 1.82) is 0 Å². The third-order valence-electron chi connectivity index (χ3n) is 2.64. The van der Waals surface area contributed by atoms with Gasteiger partial charge in [0.1, 0.15) is 11.8 Å². The van der Waals surface area contributed by atoms with Crippen LogP contribution in [-0.2, 0) is 11.3 Å². The molecule has 5 heteroatoms. The van der Waals surface area contributed by atoms with Gasteiger partial charge in [0.2, 0.25) is 5.78 Å². The standard InChI is InChI=1S/C12H20N2O3/c1-5-7-14-11(10(17-4)8-13-14)12(15)9(6-2)16-3/h8-9H,5-7H2,1-4H3. The maximum absolute atomic E-state index is 12.3. The number of methoxy groups -OCH3 is 2. The summed E-state index contributed by atoms with van der Waals surface area (Å²) in [5, 5.41) is 4.16. The van der Waals surface area contributed by atoms with E-state index in [2.05, 4.69) is 5.10 Å². The van der Waals surface area contributed by atoms with Crippen LogP contribution in [0.3, 0.4) is 0 Å². The van der Waals surface area contributed by atoms with Crippen LogP contribution in [0.4, 0.5) is 0 Å². The van der Waals surface area contributed by atoms with Crippen LogP contribution in [0, 0.1) is 0 Å². The summed E-state index contributed by atoms with van der Waals surface area (Å²) in [6.07, 6.45) is 2.69. The molecular formula is C12H20N2O3. The normalized spacial score (nSPS) is 12.5. The van der Waals surface area contributed by atoms with E-state index in [4.69, 9.17) is 9.47 Å². The molecule has 1 rings (SSSR count). The molecule has 1 atom stereocenters. The van der Waals surface area contributed by atoms with E-state index in [0.29, 0.717) is 24.4 Å². The molecule has 1 aromatic rings. The molecule has 1 heterocycles. The smallest absolute Gasteiger partial charge is 0.213 e. The highest BCUT2D eigenvalue weighted by atomic mass is 16.5. The Morgan fingerprint density at radius 2 is 2.18 bits per heavy atom. The van der Waals surface area contributed by atoms with E-state index in [1.165, 1.54) is 7.11 Å². The zero-order chi connectivity index (χ0) is 12.8. The Hall–Kier alpha value is -1.36. The highest BCUT2D eigenvalue weighted by Gasteiger charge is 2.25. The van der Waals surface area contributed by atoms with E-state index < -0.39 is 6.10 Å². The maximum atomic E-state index is 12.3. The quantitative estimate of drug-likeness (QED) is 0.683. The van der Waals surface area contributed by atoms with Gasteiger partial charge in [0, 0.05) is 13.7 Å². The predicted molar refractivity (Wildman–Crippen MR) is 64.5 cm³/mol. The predicted octanol–water partition coefficient (Wildman–Crippen LogP) is 1.91. The van der Waals surface area contributed by atoms with Gasteiger partial charge in [-0.05, 0) is 12.8 Å². The molecule has 0 aliphatic heterocycles. The number of Topliss-reactive ketones (excluding diaryl/α,β-unsaturated/α-hetero) is 1. The van der Waals surface area contributed by atoms with Crippen molar-refractivity contribution in [3.63, 3.8) is 0 Å². The number of hydrogen-bond acceptors (Lipinski definition) is 4. The van der Waals surface area contributed by atoms with Crippen LogP contribution >= 0.6 is 0 Å². The average molecular weight is 240 g/mol. The highest BCUT2D eigenvalue weighted by molar-refractivity contribution is 6.00. The number of carbonyl (C=O) groups excluding carboxylic acids is 1. The third-order valence-corrected chi connectivity index (χ3v) is 2.64. The Labute approximate surface area is 102 Å². The van der Waals surface area contributed by atoms with Gasteiger partial charge in [0.25, 0.3) is 0 Å². The van der Waals surface area contributed by atoms with Crippen molar-refractivity contribution in [2.24, 2.45) is 0 Å². The highest BCUT2D eigenvalue weighted by Crippen LogP contribution is 2.21. The molecule has 0 saturated carbocycles. The molecule has 0 fully saturated rings. The van der Waals surface area contributed by atoms with Gasteiger partial charge in [-0.15, -0.1) is 0 Å². The summed E-state index contributed by atoms with van der Waals surface area (Å²) in [4.78, 5) is 12.3. The van der Waals surface area contributed by atoms with Gasteiger partial charge >= 0.3 is 0 Å². The first-order valence-corrected chi connectivity index (χ1v) is 5.86. The first-order chi connectivity index (χ1) is 8.19. The number of aromatic nitrogens is 2. The SMILES string of the molecule is CCCn1ncc(OC)c1C(=O)C(CC)OC. The van der Waals surface area contributed by atoms with Gasteiger partial charge in [-0.1, -0.05) is 13.8 Å². The number of carbonyl (C=O) groups is 1. The van der Waals surface area contributed by atoms with Crippen molar-refractivity contribution < 1.29 is 14.3 Å². The fraction of sp³-hybridized carbons (Fsp3) is 0.667. The molecule has 0 amide bonds. The number of hydrogen-bond donors (Lipinski definition) is 0. The summed E-state index contributed by atoms with van der Waals surface area (Å²) in [5.41, 5.74) is 0.503. The molecule has 0 aromatic carbocycles. The van der Waals surface area contributed by atoms with Gasteiger partial charge in [0.15, 0.2) is 5.75 Å². The molecule has 0 radical (unpaired) electrons. The molecule has 1 aromatic heterocycles. The minimum absolute atomic E-state index is 0.0715. The van der Waals surface area contributed by atoms with E-state index in [0.717, 1.165) is 6.42 Å². The molecule has 96 valence electrons. The second-order valence-electron chi connectivity index (χ2n) is 3.78. The van der Waals surface area contributed by atoms with Crippen molar-refractivity contribution in [1.82, 2.24) is 9.78 Å². The fourth-order valence-corrected chi connectivity index (χ4v) is 1.76. The third kappa shape index (κ3) is 2.85. The average Bonchev–Trinajstić information content (AvgIpc) is 2.74. The lowest BCUT2D eigenvalue weighted by molar-refractivity contribution is 0.0581. The molecule has 17 heavy (non-hydrogen) atoms. The summed E-state index contributed by atoms with van der Waals surface area (Å²) < 4.78 is 12.0. The number of ketones is 1. The van der Waals surface area contributed by atoms with Gasteiger partial charge in [-0.25, -0.2) is 0 Å². The first-order valence-electron chi connectivity index (χ1n) is 5.86. The van der Waals surface area contributed by atoms with Crippen LogP contribution in [0.15, 0.2) is 6.20 Å². The molecule has 0 N–H and O–H groups in total. The zero-order valence-electron chi connectivity index (χ0n) is 10.9. The summed E-state index contributed by atoms with van der Waals surface area (Å²) in [5.74, 6) is 0.441. The summed E-state index contributed by atoms with van der Waals surface area (Å²) >= 11 is 0. The fourth-order valence-electron chi connectivity index (χ4n) is 1.76. The molecule has 0 saturated heterocycles. The molecule has 0 spiro atoms. The molecule has 0 bridgehead atoms. The van der Waals surface area contributed by atoms with Gasteiger partial charge in [-0.2, -0.15) is 5.10 Å². The second kappa shape index (κ2) is 6.39. The summed E-state index contributed by atoms with van der Waals surface area (Å²) in [6, 6.07) is 0. The second-order valence-corrected chi connectivity index (χ2v) is 3.78.